The van der Waals surface area contributed by atoms with Crippen LogP contribution < -0.4 is 5.32 Å². The van der Waals surface area contributed by atoms with Gasteiger partial charge < -0.3 is 10.2 Å². The van der Waals surface area contributed by atoms with E-state index in [1.165, 1.54) is 12.0 Å². The third kappa shape index (κ3) is 7.56. The Morgan fingerprint density at radius 2 is 1.72 bits per heavy atom. The lowest BCUT2D eigenvalue weighted by molar-refractivity contribution is -0.140. The van der Waals surface area contributed by atoms with Crippen LogP contribution in [0, 0.1) is 6.92 Å². The van der Waals surface area contributed by atoms with Crippen LogP contribution in [0.2, 0.25) is 5.02 Å². The Morgan fingerprint density at radius 1 is 1.06 bits per heavy atom. The molecule has 0 bridgehead atoms. The Labute approximate surface area is 201 Å². The molecule has 0 aromatic heterocycles. The number of thioether (sulfide) groups is 1. The van der Waals surface area contributed by atoms with Crippen molar-refractivity contribution in [2.75, 3.05) is 5.75 Å². The van der Waals surface area contributed by atoms with Gasteiger partial charge in [-0.25, -0.2) is 0 Å². The Balaban J connectivity index is 1.64. The lowest BCUT2D eigenvalue weighted by Crippen LogP contribution is -2.50. The number of carbonyl (C=O) groups is 2. The Kier molecular flexibility index (Phi) is 9.49. The molecule has 2 aromatic rings. The molecule has 1 atom stereocenters. The highest BCUT2D eigenvalue weighted by atomic mass is 35.5. The number of aryl methyl sites for hydroxylation is 1. The van der Waals surface area contributed by atoms with E-state index in [-0.39, 0.29) is 17.9 Å². The van der Waals surface area contributed by atoms with Crippen LogP contribution in [-0.4, -0.2) is 34.6 Å². The molecule has 1 aliphatic carbocycles. The van der Waals surface area contributed by atoms with E-state index in [4.69, 9.17) is 11.6 Å². The molecular weight excluding hydrogens is 440 g/mol. The van der Waals surface area contributed by atoms with Crippen molar-refractivity contribution in [3.63, 3.8) is 0 Å². The average molecular weight is 473 g/mol. The lowest BCUT2D eigenvalue weighted by atomic mass is 9.95. The highest BCUT2D eigenvalue weighted by Crippen LogP contribution is 2.22. The molecule has 172 valence electrons. The van der Waals surface area contributed by atoms with Gasteiger partial charge in [-0.3, -0.25) is 9.59 Å². The summed E-state index contributed by atoms with van der Waals surface area (Å²) in [6.07, 6.45) is 6.00. The number of halogens is 1. The maximum absolute atomic E-state index is 13.2. The quantitative estimate of drug-likeness (QED) is 0.455. The average Bonchev–Trinajstić information content (AvgIpc) is 2.80. The normalized spacial score (nSPS) is 15.2. The Morgan fingerprint density at radius 3 is 2.38 bits per heavy atom. The van der Waals surface area contributed by atoms with Crippen LogP contribution >= 0.6 is 23.4 Å². The first-order valence-corrected chi connectivity index (χ1v) is 12.8. The summed E-state index contributed by atoms with van der Waals surface area (Å²) in [5.41, 5.74) is 2.21. The summed E-state index contributed by atoms with van der Waals surface area (Å²) in [6, 6.07) is 15.5. The minimum Gasteiger partial charge on any atom is -0.352 e. The summed E-state index contributed by atoms with van der Waals surface area (Å²) in [7, 11) is 0. The van der Waals surface area contributed by atoms with Gasteiger partial charge in [-0.05, 0) is 56.5 Å². The molecular formula is C26H33ClN2O2S. The van der Waals surface area contributed by atoms with Crippen molar-refractivity contribution in [2.45, 2.75) is 75.9 Å². The van der Waals surface area contributed by atoms with Crippen molar-refractivity contribution in [1.29, 1.82) is 0 Å². The molecule has 6 heteroatoms. The van der Waals surface area contributed by atoms with Crippen LogP contribution in [0.4, 0.5) is 0 Å². The minimum absolute atomic E-state index is 0.00154. The number of carbonyl (C=O) groups excluding carboxylic acids is 2. The van der Waals surface area contributed by atoms with Crippen LogP contribution in [0.1, 0.15) is 56.6 Å². The Hall–Kier alpha value is -1.98. The van der Waals surface area contributed by atoms with E-state index in [0.717, 1.165) is 36.1 Å². The molecule has 0 saturated heterocycles. The summed E-state index contributed by atoms with van der Waals surface area (Å²) in [6.45, 7) is 4.32. The molecule has 1 saturated carbocycles. The van der Waals surface area contributed by atoms with E-state index in [0.29, 0.717) is 23.7 Å². The third-order valence-corrected chi connectivity index (χ3v) is 7.26. The van der Waals surface area contributed by atoms with Crippen molar-refractivity contribution < 1.29 is 9.59 Å². The topological polar surface area (TPSA) is 49.4 Å². The number of amides is 2. The fourth-order valence-electron chi connectivity index (χ4n) is 3.97. The first kappa shape index (κ1) is 24.7. The molecule has 1 N–H and O–H groups in total. The second-order valence-electron chi connectivity index (χ2n) is 8.58. The Bertz CT molecular complexity index is 880. The molecule has 2 amide bonds. The van der Waals surface area contributed by atoms with E-state index in [9.17, 15) is 9.59 Å². The number of hydrogen-bond acceptors (Lipinski definition) is 3. The van der Waals surface area contributed by atoms with Gasteiger partial charge in [0, 0.05) is 34.7 Å². The van der Waals surface area contributed by atoms with Crippen molar-refractivity contribution in [3.8, 4) is 0 Å². The van der Waals surface area contributed by atoms with Gasteiger partial charge in [-0.1, -0.05) is 60.7 Å². The zero-order valence-corrected chi connectivity index (χ0v) is 20.6. The summed E-state index contributed by atoms with van der Waals surface area (Å²) in [4.78, 5) is 29.0. The van der Waals surface area contributed by atoms with Crippen molar-refractivity contribution in [1.82, 2.24) is 10.2 Å². The van der Waals surface area contributed by atoms with E-state index in [1.54, 1.807) is 16.7 Å². The number of nitrogens with one attached hydrogen (secondary N) is 1. The van der Waals surface area contributed by atoms with Crippen LogP contribution in [-0.2, 0) is 16.1 Å². The zero-order chi connectivity index (χ0) is 22.9. The molecule has 0 aliphatic heterocycles. The van der Waals surface area contributed by atoms with Gasteiger partial charge in [0.25, 0.3) is 0 Å². The molecule has 2 aromatic carbocycles. The van der Waals surface area contributed by atoms with Gasteiger partial charge in [-0.2, -0.15) is 0 Å². The minimum atomic E-state index is -0.508. The van der Waals surface area contributed by atoms with Gasteiger partial charge in [0.2, 0.25) is 11.8 Å². The van der Waals surface area contributed by atoms with Gasteiger partial charge in [0.1, 0.15) is 6.04 Å². The summed E-state index contributed by atoms with van der Waals surface area (Å²) < 4.78 is 0. The van der Waals surface area contributed by atoms with Crippen molar-refractivity contribution in [3.05, 3.63) is 64.7 Å². The maximum Gasteiger partial charge on any atom is 0.242 e. The summed E-state index contributed by atoms with van der Waals surface area (Å²) in [5.74, 6) is 0.600. The summed E-state index contributed by atoms with van der Waals surface area (Å²) >= 11 is 7.58. The van der Waals surface area contributed by atoms with Crippen molar-refractivity contribution in [2.24, 2.45) is 0 Å². The van der Waals surface area contributed by atoms with Gasteiger partial charge >= 0.3 is 0 Å². The molecule has 3 rings (SSSR count). The van der Waals surface area contributed by atoms with Crippen LogP contribution in [0.3, 0.4) is 0 Å². The maximum atomic E-state index is 13.2. The van der Waals surface area contributed by atoms with E-state index < -0.39 is 6.04 Å². The largest absolute Gasteiger partial charge is 0.352 e. The first-order valence-electron chi connectivity index (χ1n) is 11.5. The second-order valence-corrected chi connectivity index (χ2v) is 10.2. The van der Waals surface area contributed by atoms with Gasteiger partial charge in [0.05, 0.1) is 0 Å². The molecule has 0 spiro atoms. The van der Waals surface area contributed by atoms with Gasteiger partial charge in [-0.15, -0.1) is 11.8 Å². The smallest absolute Gasteiger partial charge is 0.242 e. The van der Waals surface area contributed by atoms with E-state index >= 15 is 0 Å². The monoisotopic (exact) mass is 472 g/mol. The molecule has 1 aliphatic rings. The van der Waals surface area contributed by atoms with Crippen LogP contribution in [0.5, 0.6) is 0 Å². The van der Waals surface area contributed by atoms with Crippen LogP contribution in [0.25, 0.3) is 0 Å². The predicted molar refractivity (Wildman–Crippen MR) is 133 cm³/mol. The second kappa shape index (κ2) is 12.3. The molecule has 0 heterocycles. The number of rotatable bonds is 9. The summed E-state index contributed by atoms with van der Waals surface area (Å²) in [5, 5.41) is 3.89. The van der Waals surface area contributed by atoms with E-state index in [2.05, 4.69) is 5.32 Å². The molecule has 0 unspecified atom stereocenters. The van der Waals surface area contributed by atoms with Crippen molar-refractivity contribution >= 4 is 35.2 Å². The molecule has 0 radical (unpaired) electrons. The number of benzene rings is 2. The van der Waals surface area contributed by atoms with Gasteiger partial charge in [0.15, 0.2) is 0 Å². The molecule has 1 fully saturated rings. The highest BCUT2D eigenvalue weighted by molar-refractivity contribution is 7.99. The van der Waals surface area contributed by atoms with Crippen LogP contribution in [0.15, 0.2) is 53.4 Å². The SMILES string of the molecule is Cc1ccc(CN(C(=O)CCSc2ccc(Cl)cc2)[C@H](C)C(=O)NC2CCCCC2)cc1. The first-order chi connectivity index (χ1) is 15.4. The lowest BCUT2D eigenvalue weighted by Gasteiger charge is -2.31. The molecule has 32 heavy (non-hydrogen) atoms. The fraction of sp³-hybridized carbons (Fsp3) is 0.462. The fourth-order valence-corrected chi connectivity index (χ4v) is 4.94. The highest BCUT2D eigenvalue weighted by Gasteiger charge is 2.27. The number of nitrogens with zero attached hydrogens (tertiary/aromatic N) is 1. The van der Waals surface area contributed by atoms with E-state index in [1.807, 2.05) is 62.4 Å². The standard InChI is InChI=1S/C26H33ClN2O2S/c1-19-8-10-21(11-9-19)18-29(20(2)26(31)28-23-6-4-3-5-7-23)25(30)16-17-32-24-14-12-22(27)13-15-24/h8-15,20,23H,3-7,16-18H2,1-2H3,(H,28,31)/t20-/m1/s1. The number of hydrogen-bond donors (Lipinski definition) is 1. The third-order valence-electron chi connectivity index (χ3n) is 5.99. The predicted octanol–water partition coefficient (Wildman–Crippen LogP) is 6.00. The zero-order valence-electron chi connectivity index (χ0n) is 19.0. The molecule has 4 nitrogen and oxygen atoms in total.